The summed E-state index contributed by atoms with van der Waals surface area (Å²) in [5.41, 5.74) is 2.71. The Morgan fingerprint density at radius 2 is 1.83 bits per heavy atom. The lowest BCUT2D eigenvalue weighted by Gasteiger charge is -2.17. The molecule has 0 radical (unpaired) electrons. The van der Waals surface area contributed by atoms with Gasteiger partial charge < -0.3 is 9.47 Å². The zero-order valence-corrected chi connectivity index (χ0v) is 14.0. The number of aryl methyl sites for hydroxylation is 1. The van der Waals surface area contributed by atoms with Crippen molar-refractivity contribution in [2.45, 2.75) is 19.2 Å². The van der Waals surface area contributed by atoms with E-state index >= 15 is 0 Å². The molecule has 0 saturated heterocycles. The molecule has 5 nitrogen and oxygen atoms in total. The molecule has 0 unspecified atom stereocenters. The monoisotopic (exact) mass is 333 g/mol. The summed E-state index contributed by atoms with van der Waals surface area (Å²) in [7, 11) is -1.79. The van der Waals surface area contributed by atoms with Crippen molar-refractivity contribution in [2.24, 2.45) is 0 Å². The van der Waals surface area contributed by atoms with Gasteiger partial charge in [0.2, 0.25) is 16.8 Å². The molecule has 23 heavy (non-hydrogen) atoms. The minimum atomic E-state index is -3.38. The van der Waals surface area contributed by atoms with Gasteiger partial charge in [0.1, 0.15) is 0 Å². The first kappa shape index (κ1) is 15.8. The van der Waals surface area contributed by atoms with Gasteiger partial charge >= 0.3 is 0 Å². The van der Waals surface area contributed by atoms with Crippen LogP contribution in [0.2, 0.25) is 0 Å². The molecule has 2 aromatic carbocycles. The molecule has 0 N–H and O–H groups in total. The van der Waals surface area contributed by atoms with Crippen molar-refractivity contribution in [3.05, 3.63) is 59.2 Å². The highest BCUT2D eigenvalue weighted by molar-refractivity contribution is 7.88. The van der Waals surface area contributed by atoms with Crippen LogP contribution in [0.5, 0.6) is 11.5 Å². The minimum absolute atomic E-state index is 0.00423. The van der Waals surface area contributed by atoms with Crippen molar-refractivity contribution >= 4 is 10.0 Å². The quantitative estimate of drug-likeness (QED) is 0.844. The lowest BCUT2D eigenvalue weighted by Crippen LogP contribution is -2.27. The van der Waals surface area contributed by atoms with E-state index in [1.807, 2.05) is 43.3 Å². The molecular weight excluding hydrogens is 314 g/mol. The largest absolute Gasteiger partial charge is 0.454 e. The highest BCUT2D eigenvalue weighted by atomic mass is 32.2. The van der Waals surface area contributed by atoms with Gasteiger partial charge in [-0.1, -0.05) is 35.9 Å². The number of rotatable bonds is 5. The molecule has 0 bridgehead atoms. The summed E-state index contributed by atoms with van der Waals surface area (Å²) in [6, 6.07) is 13.0. The molecule has 1 aliphatic heterocycles. The summed E-state index contributed by atoms with van der Waals surface area (Å²) in [4.78, 5) is 0. The number of hydrogen-bond acceptors (Lipinski definition) is 4. The number of nitrogens with zero attached hydrogens (tertiary/aromatic N) is 1. The summed E-state index contributed by atoms with van der Waals surface area (Å²) < 4.78 is 37.0. The van der Waals surface area contributed by atoms with E-state index in [9.17, 15) is 8.42 Å². The number of ether oxygens (including phenoxy) is 2. The Morgan fingerprint density at radius 3 is 2.61 bits per heavy atom. The van der Waals surface area contributed by atoms with E-state index in [0.717, 1.165) is 16.7 Å². The van der Waals surface area contributed by atoms with E-state index in [2.05, 4.69) is 0 Å². The first-order chi connectivity index (χ1) is 10.9. The van der Waals surface area contributed by atoms with Gasteiger partial charge in [-0.15, -0.1) is 0 Å². The van der Waals surface area contributed by atoms with Crippen molar-refractivity contribution in [2.75, 3.05) is 13.8 Å². The zero-order chi connectivity index (χ0) is 16.4. The molecule has 0 amide bonds. The smallest absolute Gasteiger partial charge is 0.231 e. The third kappa shape index (κ3) is 3.65. The fourth-order valence-corrected chi connectivity index (χ4v) is 3.68. The predicted octanol–water partition coefficient (Wildman–Crippen LogP) is 2.69. The number of hydrogen-bond donors (Lipinski definition) is 0. The second-order valence-electron chi connectivity index (χ2n) is 5.69. The molecule has 0 aromatic heterocycles. The molecule has 0 aliphatic carbocycles. The lowest BCUT2D eigenvalue weighted by atomic mass is 10.2. The van der Waals surface area contributed by atoms with E-state index in [-0.39, 0.29) is 12.5 Å². The second-order valence-corrected chi connectivity index (χ2v) is 7.76. The second kappa shape index (κ2) is 6.22. The van der Waals surface area contributed by atoms with Gasteiger partial charge in [-0.05, 0) is 30.2 Å². The number of fused-ring (bicyclic) bond motifs is 1. The molecule has 0 fully saturated rings. The number of sulfonamides is 1. The van der Waals surface area contributed by atoms with Gasteiger partial charge in [-0.25, -0.2) is 12.7 Å². The maximum absolute atomic E-state index is 12.5. The Morgan fingerprint density at radius 1 is 1.04 bits per heavy atom. The standard InChI is InChI=1S/C17H19NO4S/c1-13-4-3-5-15(8-13)11-23(19,20)18(2)10-14-6-7-16-17(9-14)22-12-21-16/h3-9H,10-12H2,1-2H3. The summed E-state index contributed by atoms with van der Waals surface area (Å²) in [6.07, 6.45) is 0. The zero-order valence-electron chi connectivity index (χ0n) is 13.2. The third-order valence-electron chi connectivity index (χ3n) is 3.75. The topological polar surface area (TPSA) is 55.8 Å². The molecule has 0 saturated carbocycles. The van der Waals surface area contributed by atoms with Gasteiger partial charge in [0.15, 0.2) is 11.5 Å². The minimum Gasteiger partial charge on any atom is -0.454 e. The van der Waals surface area contributed by atoms with Crippen LogP contribution >= 0.6 is 0 Å². The van der Waals surface area contributed by atoms with Gasteiger partial charge in [-0.2, -0.15) is 0 Å². The summed E-state index contributed by atoms with van der Waals surface area (Å²) in [5.74, 6) is 1.35. The van der Waals surface area contributed by atoms with Crippen LogP contribution < -0.4 is 9.47 Å². The molecule has 0 atom stereocenters. The average Bonchev–Trinajstić information content (AvgIpc) is 2.94. The van der Waals surface area contributed by atoms with Gasteiger partial charge in [-0.3, -0.25) is 0 Å². The summed E-state index contributed by atoms with van der Waals surface area (Å²) in [5, 5.41) is 0. The van der Waals surface area contributed by atoms with Gasteiger partial charge in [0.05, 0.1) is 5.75 Å². The SMILES string of the molecule is Cc1cccc(CS(=O)(=O)N(C)Cc2ccc3c(c2)OCO3)c1. The van der Waals surface area contributed by atoms with Crippen LogP contribution in [0.4, 0.5) is 0 Å². The molecule has 1 aliphatic rings. The van der Waals surface area contributed by atoms with Gasteiger partial charge in [0, 0.05) is 13.6 Å². The molecule has 0 spiro atoms. The molecule has 2 aromatic rings. The molecular formula is C17H19NO4S. The van der Waals surface area contributed by atoms with Crippen molar-refractivity contribution < 1.29 is 17.9 Å². The van der Waals surface area contributed by atoms with E-state index in [0.29, 0.717) is 18.0 Å². The normalized spacial score (nSPS) is 13.5. The first-order valence-electron chi connectivity index (χ1n) is 7.32. The van der Waals surface area contributed by atoms with Crippen LogP contribution in [-0.2, 0) is 22.3 Å². The Bertz CT molecular complexity index is 817. The Hall–Kier alpha value is -2.05. The Labute approximate surface area is 136 Å². The van der Waals surface area contributed by atoms with Crippen LogP contribution in [0.25, 0.3) is 0 Å². The van der Waals surface area contributed by atoms with Crippen molar-refractivity contribution in [3.8, 4) is 11.5 Å². The Balaban J connectivity index is 1.72. The Kier molecular flexibility index (Phi) is 4.28. The van der Waals surface area contributed by atoms with Crippen LogP contribution in [-0.4, -0.2) is 26.6 Å². The van der Waals surface area contributed by atoms with E-state index in [1.54, 1.807) is 13.1 Å². The third-order valence-corrected chi connectivity index (χ3v) is 5.53. The van der Waals surface area contributed by atoms with Crippen molar-refractivity contribution in [1.82, 2.24) is 4.31 Å². The fraction of sp³-hybridized carbons (Fsp3) is 0.294. The highest BCUT2D eigenvalue weighted by Crippen LogP contribution is 2.32. The summed E-state index contributed by atoms with van der Waals surface area (Å²) in [6.45, 7) is 2.46. The van der Waals surface area contributed by atoms with Crippen LogP contribution in [0.1, 0.15) is 16.7 Å². The van der Waals surface area contributed by atoms with E-state index in [4.69, 9.17) is 9.47 Å². The fourth-order valence-electron chi connectivity index (χ4n) is 2.52. The van der Waals surface area contributed by atoms with E-state index < -0.39 is 10.0 Å². The van der Waals surface area contributed by atoms with Crippen molar-refractivity contribution in [1.29, 1.82) is 0 Å². The van der Waals surface area contributed by atoms with E-state index in [1.165, 1.54) is 4.31 Å². The maximum Gasteiger partial charge on any atom is 0.231 e. The lowest BCUT2D eigenvalue weighted by molar-refractivity contribution is 0.174. The van der Waals surface area contributed by atoms with Crippen LogP contribution in [0.3, 0.4) is 0 Å². The predicted molar refractivity (Wildman–Crippen MR) is 87.8 cm³/mol. The highest BCUT2D eigenvalue weighted by Gasteiger charge is 2.20. The molecule has 1 heterocycles. The first-order valence-corrected chi connectivity index (χ1v) is 8.93. The molecule has 6 heteroatoms. The molecule has 122 valence electrons. The van der Waals surface area contributed by atoms with Crippen LogP contribution in [0, 0.1) is 6.92 Å². The maximum atomic E-state index is 12.5. The summed E-state index contributed by atoms with van der Waals surface area (Å²) >= 11 is 0. The van der Waals surface area contributed by atoms with Gasteiger partial charge in [0.25, 0.3) is 0 Å². The van der Waals surface area contributed by atoms with Crippen molar-refractivity contribution in [3.63, 3.8) is 0 Å². The van der Waals surface area contributed by atoms with Crippen LogP contribution in [0.15, 0.2) is 42.5 Å². The number of benzene rings is 2. The molecule has 3 rings (SSSR count). The average molecular weight is 333 g/mol.